The van der Waals surface area contributed by atoms with Crippen LogP contribution in [-0.4, -0.2) is 47.9 Å². The highest BCUT2D eigenvalue weighted by atomic mass is 32.3. The second-order valence-corrected chi connectivity index (χ2v) is 7.41. The van der Waals surface area contributed by atoms with Crippen LogP contribution in [0.5, 0.6) is 5.75 Å². The van der Waals surface area contributed by atoms with E-state index >= 15 is 0 Å². The van der Waals surface area contributed by atoms with Gasteiger partial charge in [-0.3, -0.25) is 4.90 Å². The van der Waals surface area contributed by atoms with Gasteiger partial charge in [-0.1, -0.05) is 3.89 Å². The molecule has 0 spiro atoms. The maximum absolute atomic E-state index is 13.4. The third-order valence-corrected chi connectivity index (χ3v) is 4.84. The fraction of sp³-hybridized carbons (Fsp3) is 0.500. The van der Waals surface area contributed by atoms with E-state index in [0.29, 0.717) is 24.7 Å². The van der Waals surface area contributed by atoms with Gasteiger partial charge in [-0.25, -0.2) is 0 Å². The summed E-state index contributed by atoms with van der Waals surface area (Å²) in [5.41, 5.74) is 0.485. The first-order chi connectivity index (χ1) is 10.6. The van der Waals surface area contributed by atoms with Gasteiger partial charge in [0.05, 0.1) is 0 Å². The molecule has 1 fully saturated rings. The van der Waals surface area contributed by atoms with Gasteiger partial charge >= 0.3 is 20.7 Å². The van der Waals surface area contributed by atoms with Crippen molar-refractivity contribution in [3.05, 3.63) is 23.3 Å². The molecule has 23 heavy (non-hydrogen) atoms. The highest BCUT2D eigenvalue weighted by molar-refractivity contribution is 7.86. The first-order valence-corrected chi connectivity index (χ1v) is 9.41. The van der Waals surface area contributed by atoms with Crippen molar-refractivity contribution in [2.45, 2.75) is 18.4 Å². The third-order valence-electron chi connectivity index (χ3n) is 3.50. The number of hydrogen-bond acceptors (Lipinski definition) is 7. The number of halogens is 2. The van der Waals surface area contributed by atoms with Crippen molar-refractivity contribution in [2.75, 3.05) is 26.2 Å². The highest BCUT2D eigenvalue weighted by Gasteiger charge is 2.23. The lowest BCUT2D eigenvalue weighted by Gasteiger charge is -2.28. The van der Waals surface area contributed by atoms with Crippen molar-refractivity contribution >= 4 is 20.7 Å². The van der Waals surface area contributed by atoms with E-state index in [4.69, 9.17) is 0 Å². The summed E-state index contributed by atoms with van der Waals surface area (Å²) < 4.78 is 73.8. The summed E-state index contributed by atoms with van der Waals surface area (Å²) >= 11 is 0. The number of hydrogen-bond donors (Lipinski definition) is 1. The smallest absolute Gasteiger partial charge is 0.358 e. The average molecular weight is 370 g/mol. The standard InChI is InChI=1S/C12H16F2N2O5S2/c1-9-10(8-16-4-2-15-3-5-16)6-11(21-23(14,19)20)7-12(9)22(13,17)18/h6-7,15H,2-5,8H2,1H3. The summed E-state index contributed by atoms with van der Waals surface area (Å²) in [6, 6.07) is 1.85. The van der Waals surface area contributed by atoms with E-state index in [1.54, 1.807) is 0 Å². The fourth-order valence-electron chi connectivity index (χ4n) is 2.41. The maximum Gasteiger partial charge on any atom is 0.488 e. The van der Waals surface area contributed by atoms with E-state index in [-0.39, 0.29) is 12.1 Å². The maximum atomic E-state index is 13.4. The van der Waals surface area contributed by atoms with Gasteiger partial charge in [-0.15, -0.1) is 3.89 Å². The Balaban J connectivity index is 2.44. The first kappa shape index (κ1) is 18.0. The van der Waals surface area contributed by atoms with Crippen LogP contribution < -0.4 is 9.50 Å². The molecule has 1 aromatic rings. The van der Waals surface area contributed by atoms with Crippen LogP contribution in [0.2, 0.25) is 0 Å². The number of nitrogens with zero attached hydrogens (tertiary/aromatic N) is 1. The van der Waals surface area contributed by atoms with Gasteiger partial charge in [0.15, 0.2) is 0 Å². The van der Waals surface area contributed by atoms with E-state index in [0.717, 1.165) is 13.1 Å². The van der Waals surface area contributed by atoms with Crippen LogP contribution in [0.25, 0.3) is 0 Å². The average Bonchev–Trinajstić information content (AvgIpc) is 2.40. The lowest BCUT2D eigenvalue weighted by molar-refractivity contribution is 0.232. The van der Waals surface area contributed by atoms with Crippen molar-refractivity contribution < 1.29 is 28.8 Å². The molecule has 0 unspecified atom stereocenters. The predicted molar refractivity (Wildman–Crippen MR) is 78.3 cm³/mol. The van der Waals surface area contributed by atoms with Crippen molar-refractivity contribution in [3.8, 4) is 5.75 Å². The minimum atomic E-state index is -5.34. The number of piperazine rings is 1. The van der Waals surface area contributed by atoms with Crippen LogP contribution in [0, 0.1) is 6.92 Å². The molecule has 1 saturated heterocycles. The molecular formula is C12H16F2N2O5S2. The molecule has 1 aliphatic rings. The lowest BCUT2D eigenvalue weighted by atomic mass is 10.1. The van der Waals surface area contributed by atoms with E-state index < -0.39 is 31.4 Å². The summed E-state index contributed by atoms with van der Waals surface area (Å²) in [5, 5.41) is 3.14. The molecule has 0 radical (unpaired) electrons. The first-order valence-electron chi connectivity index (χ1n) is 6.71. The number of nitrogens with one attached hydrogen (secondary N) is 1. The molecule has 1 aromatic carbocycles. The quantitative estimate of drug-likeness (QED) is 0.761. The van der Waals surface area contributed by atoms with Crippen LogP contribution >= 0.6 is 0 Å². The molecule has 130 valence electrons. The van der Waals surface area contributed by atoms with Gasteiger partial charge in [-0.2, -0.15) is 16.8 Å². The van der Waals surface area contributed by atoms with Gasteiger partial charge in [0.1, 0.15) is 10.6 Å². The number of benzene rings is 1. The Morgan fingerprint density at radius 2 is 1.78 bits per heavy atom. The summed E-state index contributed by atoms with van der Waals surface area (Å²) in [4.78, 5) is 1.24. The SMILES string of the molecule is Cc1c(CN2CCNCC2)cc(OS(=O)(=O)F)cc1S(=O)(=O)F. The van der Waals surface area contributed by atoms with Gasteiger partial charge in [0.2, 0.25) is 0 Å². The van der Waals surface area contributed by atoms with Crippen LogP contribution in [0.3, 0.4) is 0 Å². The Morgan fingerprint density at radius 1 is 1.17 bits per heavy atom. The molecule has 0 bridgehead atoms. The Hall–Kier alpha value is -1.30. The minimum Gasteiger partial charge on any atom is -0.358 e. The Bertz CT molecular complexity index is 790. The van der Waals surface area contributed by atoms with E-state index in [9.17, 15) is 24.6 Å². The van der Waals surface area contributed by atoms with Gasteiger partial charge in [-0.05, 0) is 24.1 Å². The zero-order valence-corrected chi connectivity index (χ0v) is 13.9. The van der Waals surface area contributed by atoms with Gasteiger partial charge in [0, 0.05) is 38.8 Å². The van der Waals surface area contributed by atoms with Crippen LogP contribution in [0.15, 0.2) is 17.0 Å². The Kier molecular flexibility index (Phi) is 5.23. The molecule has 0 atom stereocenters. The highest BCUT2D eigenvalue weighted by Crippen LogP contribution is 2.29. The topological polar surface area (TPSA) is 92.8 Å². The number of rotatable bonds is 5. The lowest BCUT2D eigenvalue weighted by Crippen LogP contribution is -2.43. The van der Waals surface area contributed by atoms with Crippen LogP contribution in [0.4, 0.5) is 7.77 Å². The molecule has 1 aliphatic heterocycles. The van der Waals surface area contributed by atoms with Crippen molar-refractivity contribution in [1.29, 1.82) is 0 Å². The molecule has 0 aliphatic carbocycles. The molecule has 1 heterocycles. The monoisotopic (exact) mass is 370 g/mol. The Morgan fingerprint density at radius 3 is 2.30 bits per heavy atom. The summed E-state index contributed by atoms with van der Waals surface area (Å²) in [5.74, 6) is -0.584. The zero-order valence-electron chi connectivity index (χ0n) is 12.3. The molecular weight excluding hydrogens is 354 g/mol. The normalized spacial score (nSPS) is 17.2. The molecule has 0 saturated carbocycles. The third kappa shape index (κ3) is 5.09. The second kappa shape index (κ2) is 6.67. The summed E-state index contributed by atoms with van der Waals surface area (Å²) in [7, 11) is -10.4. The van der Waals surface area contributed by atoms with Crippen LogP contribution in [0.1, 0.15) is 11.1 Å². The molecule has 7 nitrogen and oxygen atoms in total. The van der Waals surface area contributed by atoms with Crippen molar-refractivity contribution in [3.63, 3.8) is 0 Å². The van der Waals surface area contributed by atoms with E-state index in [1.807, 2.05) is 4.90 Å². The van der Waals surface area contributed by atoms with E-state index in [2.05, 4.69) is 9.50 Å². The second-order valence-electron chi connectivity index (χ2n) is 5.15. The minimum absolute atomic E-state index is 0.134. The molecule has 0 aromatic heterocycles. The molecule has 1 N–H and O–H groups in total. The largest absolute Gasteiger partial charge is 0.488 e. The van der Waals surface area contributed by atoms with Crippen LogP contribution in [-0.2, 0) is 27.3 Å². The van der Waals surface area contributed by atoms with E-state index in [1.165, 1.54) is 13.0 Å². The van der Waals surface area contributed by atoms with Crippen molar-refractivity contribution in [2.24, 2.45) is 0 Å². The molecule has 2 rings (SSSR count). The van der Waals surface area contributed by atoms with Gasteiger partial charge in [0.25, 0.3) is 0 Å². The fourth-order valence-corrected chi connectivity index (χ4v) is 3.49. The van der Waals surface area contributed by atoms with Crippen molar-refractivity contribution in [1.82, 2.24) is 10.2 Å². The summed E-state index contributed by atoms with van der Waals surface area (Å²) in [6.45, 7) is 4.51. The summed E-state index contributed by atoms with van der Waals surface area (Å²) in [6.07, 6.45) is 0. The molecule has 0 amide bonds. The van der Waals surface area contributed by atoms with Gasteiger partial charge < -0.3 is 9.50 Å². The Labute approximate surface area is 133 Å². The zero-order chi connectivity index (χ0) is 17.3. The predicted octanol–water partition coefficient (Wildman–Crippen LogP) is 0.652. The molecule has 11 heteroatoms.